The van der Waals surface area contributed by atoms with E-state index < -0.39 is 0 Å². The van der Waals surface area contributed by atoms with Crippen molar-refractivity contribution in [2.45, 2.75) is 52.4 Å². The fraction of sp³-hybridized carbons (Fsp3) is 0.684. The van der Waals surface area contributed by atoms with E-state index >= 15 is 0 Å². The van der Waals surface area contributed by atoms with Crippen LogP contribution in [-0.2, 0) is 6.42 Å². The first-order valence-corrected chi connectivity index (χ1v) is 8.47. The van der Waals surface area contributed by atoms with Gasteiger partial charge in [-0.3, -0.25) is 0 Å². The van der Waals surface area contributed by atoms with E-state index in [0.29, 0.717) is 5.41 Å². The van der Waals surface area contributed by atoms with E-state index in [1.807, 2.05) is 6.07 Å². The molecule has 1 fully saturated rings. The standard InChI is InChI=1S/C19H31NO/c1-16(2)14-20-15-19(10-5-4-6-11-19)13-17-8-7-9-18(12-17)21-3/h7-9,12,16,20H,4-6,10-11,13-15H2,1-3H3. The molecule has 2 rings (SSSR count). The molecule has 0 spiro atoms. The van der Waals surface area contributed by atoms with Gasteiger partial charge in [-0.1, -0.05) is 45.2 Å². The molecule has 1 aliphatic rings. The number of benzene rings is 1. The van der Waals surface area contributed by atoms with Crippen LogP contribution in [0.1, 0.15) is 51.5 Å². The Kier molecular flexibility index (Phi) is 6.10. The lowest BCUT2D eigenvalue weighted by Crippen LogP contribution is -2.39. The molecule has 0 unspecified atom stereocenters. The summed E-state index contributed by atoms with van der Waals surface area (Å²) in [5, 5.41) is 3.71. The van der Waals surface area contributed by atoms with Gasteiger partial charge in [-0.2, -0.15) is 0 Å². The molecule has 0 atom stereocenters. The van der Waals surface area contributed by atoms with Gasteiger partial charge in [0.25, 0.3) is 0 Å². The van der Waals surface area contributed by atoms with E-state index in [0.717, 1.165) is 24.8 Å². The van der Waals surface area contributed by atoms with Crippen LogP contribution in [-0.4, -0.2) is 20.2 Å². The van der Waals surface area contributed by atoms with E-state index in [2.05, 4.69) is 37.4 Å². The molecule has 1 saturated carbocycles. The number of hydrogen-bond acceptors (Lipinski definition) is 2. The molecule has 0 aliphatic heterocycles. The predicted octanol–water partition coefficient (Wildman–Crippen LogP) is 4.43. The van der Waals surface area contributed by atoms with Gasteiger partial charge in [0.2, 0.25) is 0 Å². The third kappa shape index (κ3) is 5.03. The molecule has 0 heterocycles. The molecule has 1 N–H and O–H groups in total. The maximum Gasteiger partial charge on any atom is 0.119 e. The third-order valence-electron chi connectivity index (χ3n) is 4.68. The van der Waals surface area contributed by atoms with Crippen LogP contribution in [0.5, 0.6) is 5.75 Å². The van der Waals surface area contributed by atoms with Crippen molar-refractivity contribution >= 4 is 0 Å². The Hall–Kier alpha value is -1.02. The highest BCUT2D eigenvalue weighted by Gasteiger charge is 2.31. The van der Waals surface area contributed by atoms with Gasteiger partial charge >= 0.3 is 0 Å². The molecule has 2 heteroatoms. The van der Waals surface area contributed by atoms with Crippen molar-refractivity contribution < 1.29 is 4.74 Å². The summed E-state index contributed by atoms with van der Waals surface area (Å²) in [4.78, 5) is 0. The Bertz CT molecular complexity index is 421. The maximum atomic E-state index is 5.37. The van der Waals surface area contributed by atoms with E-state index in [9.17, 15) is 0 Å². The summed E-state index contributed by atoms with van der Waals surface area (Å²) in [5.74, 6) is 1.70. The van der Waals surface area contributed by atoms with Crippen molar-refractivity contribution in [1.29, 1.82) is 0 Å². The van der Waals surface area contributed by atoms with Gasteiger partial charge in [0.05, 0.1) is 7.11 Å². The number of nitrogens with one attached hydrogen (secondary N) is 1. The molecule has 0 amide bonds. The second-order valence-electron chi connectivity index (χ2n) is 7.11. The Morgan fingerprint density at radius 3 is 2.62 bits per heavy atom. The molecule has 1 aromatic rings. The van der Waals surface area contributed by atoms with Gasteiger partial charge < -0.3 is 10.1 Å². The van der Waals surface area contributed by atoms with Gasteiger partial charge in [-0.15, -0.1) is 0 Å². The Morgan fingerprint density at radius 2 is 1.95 bits per heavy atom. The molecule has 1 aliphatic carbocycles. The van der Waals surface area contributed by atoms with Crippen LogP contribution in [0.3, 0.4) is 0 Å². The largest absolute Gasteiger partial charge is 0.497 e. The Morgan fingerprint density at radius 1 is 1.19 bits per heavy atom. The number of hydrogen-bond donors (Lipinski definition) is 1. The first kappa shape index (κ1) is 16.4. The minimum Gasteiger partial charge on any atom is -0.497 e. The summed E-state index contributed by atoms with van der Waals surface area (Å²) in [7, 11) is 1.75. The summed E-state index contributed by atoms with van der Waals surface area (Å²) in [6.45, 7) is 6.84. The Balaban J connectivity index is 2.04. The average molecular weight is 289 g/mol. The zero-order chi connectivity index (χ0) is 15.1. The van der Waals surface area contributed by atoms with Gasteiger partial charge in [0.1, 0.15) is 5.75 Å². The SMILES string of the molecule is COc1cccc(CC2(CNCC(C)C)CCCCC2)c1. The minimum absolute atomic E-state index is 0.444. The monoisotopic (exact) mass is 289 g/mol. The number of rotatable bonds is 7. The van der Waals surface area contributed by atoms with Crippen LogP contribution in [0.25, 0.3) is 0 Å². The topological polar surface area (TPSA) is 21.3 Å². The Labute approximate surface area is 130 Å². The molecule has 0 aromatic heterocycles. The van der Waals surface area contributed by atoms with Crippen LogP contribution in [0.2, 0.25) is 0 Å². The first-order valence-electron chi connectivity index (χ1n) is 8.47. The maximum absolute atomic E-state index is 5.37. The molecule has 0 bridgehead atoms. The molecule has 2 nitrogen and oxygen atoms in total. The second-order valence-corrected chi connectivity index (χ2v) is 7.11. The lowest BCUT2D eigenvalue weighted by atomic mass is 9.70. The number of methoxy groups -OCH3 is 1. The third-order valence-corrected chi connectivity index (χ3v) is 4.68. The van der Waals surface area contributed by atoms with Gasteiger partial charge in [-0.25, -0.2) is 0 Å². The summed E-state index contributed by atoms with van der Waals surface area (Å²) in [6.07, 6.45) is 8.06. The molecular formula is C19H31NO. The summed E-state index contributed by atoms with van der Waals surface area (Å²) in [5.41, 5.74) is 1.86. The highest BCUT2D eigenvalue weighted by atomic mass is 16.5. The highest BCUT2D eigenvalue weighted by molar-refractivity contribution is 5.29. The summed E-state index contributed by atoms with van der Waals surface area (Å²) < 4.78 is 5.37. The quantitative estimate of drug-likeness (QED) is 0.801. The van der Waals surface area contributed by atoms with Crippen LogP contribution < -0.4 is 10.1 Å². The van der Waals surface area contributed by atoms with Gasteiger partial charge in [0.15, 0.2) is 0 Å². The first-order chi connectivity index (χ1) is 10.1. The van der Waals surface area contributed by atoms with Crippen molar-refractivity contribution in [1.82, 2.24) is 5.32 Å². The molecule has 1 aromatic carbocycles. The summed E-state index contributed by atoms with van der Waals surface area (Å²) in [6, 6.07) is 8.61. The molecule has 21 heavy (non-hydrogen) atoms. The zero-order valence-corrected chi connectivity index (χ0v) is 14.0. The highest BCUT2D eigenvalue weighted by Crippen LogP contribution is 2.39. The van der Waals surface area contributed by atoms with Crippen molar-refractivity contribution in [2.75, 3.05) is 20.2 Å². The van der Waals surface area contributed by atoms with Gasteiger partial charge in [-0.05, 0) is 54.8 Å². The zero-order valence-electron chi connectivity index (χ0n) is 14.0. The molecule has 0 saturated heterocycles. The fourth-order valence-electron chi connectivity index (χ4n) is 3.56. The lowest BCUT2D eigenvalue weighted by Gasteiger charge is -2.38. The van der Waals surface area contributed by atoms with Crippen molar-refractivity contribution in [3.8, 4) is 5.75 Å². The van der Waals surface area contributed by atoms with Crippen molar-refractivity contribution in [2.24, 2.45) is 11.3 Å². The van der Waals surface area contributed by atoms with Crippen LogP contribution in [0.15, 0.2) is 24.3 Å². The van der Waals surface area contributed by atoms with Crippen LogP contribution in [0.4, 0.5) is 0 Å². The van der Waals surface area contributed by atoms with Crippen molar-refractivity contribution in [3.63, 3.8) is 0 Å². The van der Waals surface area contributed by atoms with E-state index in [1.54, 1.807) is 7.11 Å². The van der Waals surface area contributed by atoms with Crippen LogP contribution in [0, 0.1) is 11.3 Å². The van der Waals surface area contributed by atoms with Crippen LogP contribution >= 0.6 is 0 Å². The van der Waals surface area contributed by atoms with E-state index in [1.165, 1.54) is 44.1 Å². The van der Waals surface area contributed by atoms with E-state index in [4.69, 9.17) is 4.74 Å². The molecule has 118 valence electrons. The second kappa shape index (κ2) is 7.84. The smallest absolute Gasteiger partial charge is 0.119 e. The molecular weight excluding hydrogens is 258 g/mol. The van der Waals surface area contributed by atoms with Crippen molar-refractivity contribution in [3.05, 3.63) is 29.8 Å². The minimum atomic E-state index is 0.444. The fourth-order valence-corrected chi connectivity index (χ4v) is 3.56. The molecule has 0 radical (unpaired) electrons. The predicted molar refractivity (Wildman–Crippen MR) is 89.9 cm³/mol. The van der Waals surface area contributed by atoms with E-state index in [-0.39, 0.29) is 0 Å². The van der Waals surface area contributed by atoms with Gasteiger partial charge in [0, 0.05) is 6.54 Å². The average Bonchev–Trinajstić information content (AvgIpc) is 2.48. The normalized spacial score (nSPS) is 17.9. The lowest BCUT2D eigenvalue weighted by molar-refractivity contribution is 0.179. The number of ether oxygens (including phenoxy) is 1. The summed E-state index contributed by atoms with van der Waals surface area (Å²) >= 11 is 0.